The van der Waals surface area contributed by atoms with Crippen molar-refractivity contribution < 1.29 is 14.0 Å². The van der Waals surface area contributed by atoms with Crippen LogP contribution in [0.3, 0.4) is 0 Å². The number of nitrogens with zero attached hydrogens (tertiary/aromatic N) is 3. The average molecular weight is 418 g/mol. The Bertz CT molecular complexity index is 855. The Morgan fingerprint density at radius 3 is 2.40 bits per heavy atom. The number of benzene rings is 1. The highest BCUT2D eigenvalue weighted by Gasteiger charge is 2.22. The first-order valence-corrected chi connectivity index (χ1v) is 10.3. The van der Waals surface area contributed by atoms with E-state index in [1.54, 1.807) is 22.9 Å². The zero-order valence-electron chi connectivity index (χ0n) is 18.5. The summed E-state index contributed by atoms with van der Waals surface area (Å²) in [6.45, 7) is 10.9. The molecule has 7 nitrogen and oxygen atoms in total. The maximum absolute atomic E-state index is 13.3. The van der Waals surface area contributed by atoms with E-state index in [-0.39, 0.29) is 29.7 Å². The molecule has 0 spiro atoms. The predicted octanol–water partition coefficient (Wildman–Crippen LogP) is 4.08. The fourth-order valence-corrected chi connectivity index (χ4v) is 2.78. The molecule has 3 amide bonds. The molecule has 0 aliphatic heterocycles. The molecule has 8 heteroatoms. The number of hydrogen-bond acceptors (Lipinski definition) is 3. The van der Waals surface area contributed by atoms with Gasteiger partial charge in [0.25, 0.3) is 0 Å². The van der Waals surface area contributed by atoms with Gasteiger partial charge in [-0.3, -0.25) is 4.79 Å². The van der Waals surface area contributed by atoms with Gasteiger partial charge >= 0.3 is 6.03 Å². The van der Waals surface area contributed by atoms with Crippen molar-refractivity contribution in [2.45, 2.75) is 52.9 Å². The van der Waals surface area contributed by atoms with Gasteiger partial charge in [-0.15, -0.1) is 0 Å². The summed E-state index contributed by atoms with van der Waals surface area (Å²) in [6.07, 6.45) is 1.87. The lowest BCUT2D eigenvalue weighted by atomic mass is 9.92. The molecule has 0 unspecified atom stereocenters. The number of nitrogens with one attached hydrogen (secondary N) is 2. The van der Waals surface area contributed by atoms with Crippen LogP contribution >= 0.6 is 0 Å². The minimum atomic E-state index is -0.347. The third-order valence-corrected chi connectivity index (χ3v) is 4.63. The van der Waals surface area contributed by atoms with Crippen molar-refractivity contribution in [2.75, 3.05) is 25.0 Å². The molecule has 164 valence electrons. The number of hydrogen-bond donors (Lipinski definition) is 2. The smallest absolute Gasteiger partial charge is 0.317 e. The summed E-state index contributed by atoms with van der Waals surface area (Å²) >= 11 is 0. The van der Waals surface area contributed by atoms with Crippen LogP contribution in [0.2, 0.25) is 0 Å². The van der Waals surface area contributed by atoms with Gasteiger partial charge in [0.15, 0.2) is 0 Å². The molecule has 0 fully saturated rings. The monoisotopic (exact) mass is 417 g/mol. The molecular formula is C22H32FN5O2. The van der Waals surface area contributed by atoms with Gasteiger partial charge in [-0.05, 0) is 37.6 Å². The Hall–Kier alpha value is -2.90. The molecule has 0 radical (unpaired) electrons. The number of rotatable bonds is 8. The highest BCUT2D eigenvalue weighted by atomic mass is 19.1. The fraction of sp³-hybridized carbons (Fsp3) is 0.500. The van der Waals surface area contributed by atoms with Crippen LogP contribution in [-0.4, -0.2) is 46.3 Å². The molecule has 2 aromatic rings. The van der Waals surface area contributed by atoms with Crippen LogP contribution in [0.5, 0.6) is 0 Å². The standard InChI is InChI=1S/C22H32FN5O2/c1-6-8-13-24-21(30)27(7-2)15-20(29)25-19-14-18(22(3,4)5)26-28(19)17-11-9-16(23)10-12-17/h9-12,14H,6-8,13,15H2,1-5H3,(H,24,30)(H,25,29). The quantitative estimate of drug-likeness (QED) is 0.635. The number of halogens is 1. The molecule has 0 saturated carbocycles. The van der Waals surface area contributed by atoms with Gasteiger partial charge in [0.1, 0.15) is 18.2 Å². The number of aromatic nitrogens is 2. The molecule has 0 saturated heterocycles. The lowest BCUT2D eigenvalue weighted by Gasteiger charge is -2.21. The fourth-order valence-electron chi connectivity index (χ4n) is 2.78. The number of urea groups is 1. The summed E-state index contributed by atoms with van der Waals surface area (Å²) < 4.78 is 14.9. The Kier molecular flexibility index (Phi) is 7.97. The second kappa shape index (κ2) is 10.2. The molecule has 30 heavy (non-hydrogen) atoms. The van der Waals surface area contributed by atoms with Crippen molar-refractivity contribution in [1.82, 2.24) is 20.0 Å². The molecular weight excluding hydrogens is 385 g/mol. The number of amides is 3. The number of anilines is 1. The van der Waals surface area contributed by atoms with Crippen LogP contribution in [0, 0.1) is 5.82 Å². The number of carbonyl (C=O) groups excluding carboxylic acids is 2. The van der Waals surface area contributed by atoms with Gasteiger partial charge in [0.05, 0.1) is 11.4 Å². The maximum Gasteiger partial charge on any atom is 0.317 e. The average Bonchev–Trinajstić information content (AvgIpc) is 3.11. The minimum absolute atomic E-state index is 0.0755. The summed E-state index contributed by atoms with van der Waals surface area (Å²) in [5, 5.41) is 10.3. The van der Waals surface area contributed by atoms with Crippen LogP contribution < -0.4 is 10.6 Å². The molecule has 2 N–H and O–H groups in total. The van der Waals surface area contributed by atoms with Crippen molar-refractivity contribution in [3.63, 3.8) is 0 Å². The Morgan fingerprint density at radius 1 is 1.17 bits per heavy atom. The zero-order chi connectivity index (χ0) is 22.3. The Balaban J connectivity index is 2.19. The first-order valence-electron chi connectivity index (χ1n) is 10.3. The summed E-state index contributed by atoms with van der Waals surface area (Å²) in [5.74, 6) is -0.203. The van der Waals surface area contributed by atoms with Gasteiger partial charge in [-0.1, -0.05) is 34.1 Å². The third-order valence-electron chi connectivity index (χ3n) is 4.63. The Morgan fingerprint density at radius 2 is 1.83 bits per heavy atom. The normalized spacial score (nSPS) is 11.3. The van der Waals surface area contributed by atoms with Gasteiger partial charge < -0.3 is 15.5 Å². The number of likely N-dealkylation sites (N-methyl/N-ethyl adjacent to an activating group) is 1. The van der Waals surface area contributed by atoms with Crippen molar-refractivity contribution >= 4 is 17.8 Å². The first-order chi connectivity index (χ1) is 14.2. The summed E-state index contributed by atoms with van der Waals surface area (Å²) in [4.78, 5) is 26.4. The van der Waals surface area contributed by atoms with E-state index in [9.17, 15) is 14.0 Å². The van der Waals surface area contributed by atoms with Crippen molar-refractivity contribution in [3.8, 4) is 5.69 Å². The van der Waals surface area contributed by atoms with Crippen LogP contribution in [0.25, 0.3) is 5.69 Å². The van der Waals surface area contributed by atoms with Crippen LogP contribution in [0.4, 0.5) is 15.0 Å². The van der Waals surface area contributed by atoms with Crippen LogP contribution in [0.1, 0.15) is 53.2 Å². The second-order valence-corrected chi connectivity index (χ2v) is 8.20. The summed E-state index contributed by atoms with van der Waals surface area (Å²) in [5.41, 5.74) is 1.18. The van der Waals surface area contributed by atoms with E-state index in [1.165, 1.54) is 17.0 Å². The molecule has 0 aliphatic rings. The molecule has 0 aliphatic carbocycles. The van der Waals surface area contributed by atoms with Crippen LogP contribution in [-0.2, 0) is 10.2 Å². The van der Waals surface area contributed by atoms with Crippen molar-refractivity contribution in [3.05, 3.63) is 41.8 Å². The van der Waals surface area contributed by atoms with Gasteiger partial charge in [-0.25, -0.2) is 13.9 Å². The van der Waals surface area contributed by atoms with Gasteiger partial charge in [0, 0.05) is 24.6 Å². The maximum atomic E-state index is 13.3. The highest BCUT2D eigenvalue weighted by molar-refractivity contribution is 5.94. The van der Waals surface area contributed by atoms with E-state index in [1.807, 2.05) is 34.6 Å². The summed E-state index contributed by atoms with van der Waals surface area (Å²) in [6, 6.07) is 7.44. The molecule has 0 atom stereocenters. The van der Waals surface area contributed by atoms with E-state index >= 15 is 0 Å². The van der Waals surface area contributed by atoms with Gasteiger partial charge in [0.2, 0.25) is 5.91 Å². The minimum Gasteiger partial charge on any atom is -0.338 e. The molecule has 1 aromatic heterocycles. The van der Waals surface area contributed by atoms with E-state index < -0.39 is 0 Å². The van der Waals surface area contributed by atoms with E-state index in [2.05, 4.69) is 15.7 Å². The largest absolute Gasteiger partial charge is 0.338 e. The van der Waals surface area contributed by atoms with Crippen LogP contribution in [0.15, 0.2) is 30.3 Å². The number of unbranched alkanes of at least 4 members (excludes halogenated alkanes) is 1. The lowest BCUT2D eigenvalue weighted by molar-refractivity contribution is -0.116. The van der Waals surface area contributed by atoms with Gasteiger partial charge in [-0.2, -0.15) is 5.10 Å². The number of carbonyl (C=O) groups is 2. The first kappa shape index (κ1) is 23.4. The van der Waals surface area contributed by atoms with E-state index in [4.69, 9.17) is 0 Å². The SMILES string of the molecule is CCCCNC(=O)N(CC)CC(=O)Nc1cc(C(C)(C)C)nn1-c1ccc(F)cc1. The summed E-state index contributed by atoms with van der Waals surface area (Å²) in [7, 11) is 0. The van der Waals surface area contributed by atoms with Crippen molar-refractivity contribution in [2.24, 2.45) is 0 Å². The molecule has 2 rings (SSSR count). The lowest BCUT2D eigenvalue weighted by Crippen LogP contribution is -2.44. The molecule has 0 bridgehead atoms. The van der Waals surface area contributed by atoms with E-state index in [0.29, 0.717) is 24.6 Å². The van der Waals surface area contributed by atoms with E-state index in [0.717, 1.165) is 18.5 Å². The topological polar surface area (TPSA) is 79.3 Å². The van der Waals surface area contributed by atoms with Crippen molar-refractivity contribution in [1.29, 1.82) is 0 Å². The predicted molar refractivity (Wildman–Crippen MR) is 116 cm³/mol. The molecule has 1 aromatic carbocycles. The highest BCUT2D eigenvalue weighted by Crippen LogP contribution is 2.26. The third kappa shape index (κ3) is 6.30. The zero-order valence-corrected chi connectivity index (χ0v) is 18.5. The second-order valence-electron chi connectivity index (χ2n) is 8.20. The Labute approximate surface area is 177 Å². The molecule has 1 heterocycles.